The molecular formula is C17H18N2OS. The molecule has 0 bridgehead atoms. The summed E-state index contributed by atoms with van der Waals surface area (Å²) in [6.45, 7) is 5.96. The average molecular weight is 298 g/mol. The maximum absolute atomic E-state index is 9.30. The zero-order chi connectivity index (χ0) is 15.4. The molecule has 0 saturated carbocycles. The third kappa shape index (κ3) is 3.56. The van der Waals surface area contributed by atoms with Crippen molar-refractivity contribution in [2.75, 3.05) is 7.11 Å². The maximum Gasteiger partial charge on any atom is 0.122 e. The maximum atomic E-state index is 9.30. The van der Waals surface area contributed by atoms with Crippen LogP contribution in [0.3, 0.4) is 0 Å². The van der Waals surface area contributed by atoms with Crippen LogP contribution in [0.15, 0.2) is 29.3 Å². The number of hydrogen-bond acceptors (Lipinski definition) is 4. The van der Waals surface area contributed by atoms with Crippen LogP contribution in [0, 0.1) is 32.1 Å². The van der Waals surface area contributed by atoms with E-state index >= 15 is 0 Å². The predicted octanol–water partition coefficient (Wildman–Crippen LogP) is 4.18. The number of rotatable bonds is 4. The molecule has 21 heavy (non-hydrogen) atoms. The van der Waals surface area contributed by atoms with Crippen molar-refractivity contribution in [2.24, 2.45) is 0 Å². The average Bonchev–Trinajstić information content (AvgIpc) is 2.44. The first kappa shape index (κ1) is 15.4. The van der Waals surface area contributed by atoms with Crippen molar-refractivity contribution in [1.29, 1.82) is 5.26 Å². The molecule has 0 saturated heterocycles. The monoisotopic (exact) mass is 298 g/mol. The van der Waals surface area contributed by atoms with Gasteiger partial charge in [0.1, 0.15) is 16.8 Å². The van der Waals surface area contributed by atoms with Gasteiger partial charge in [-0.3, -0.25) is 0 Å². The van der Waals surface area contributed by atoms with E-state index in [9.17, 15) is 5.26 Å². The summed E-state index contributed by atoms with van der Waals surface area (Å²) >= 11 is 1.58. The van der Waals surface area contributed by atoms with E-state index < -0.39 is 0 Å². The van der Waals surface area contributed by atoms with Crippen LogP contribution in [0.1, 0.15) is 27.9 Å². The molecule has 0 atom stereocenters. The Labute approximate surface area is 130 Å². The van der Waals surface area contributed by atoms with Gasteiger partial charge in [-0.25, -0.2) is 4.98 Å². The molecule has 0 radical (unpaired) electrons. The minimum Gasteiger partial charge on any atom is -0.496 e. The number of nitrogens with zero attached hydrogens (tertiary/aromatic N) is 2. The molecule has 2 aromatic rings. The number of aromatic nitrogens is 1. The number of nitriles is 1. The minimum absolute atomic E-state index is 0.664. The van der Waals surface area contributed by atoms with E-state index in [4.69, 9.17) is 4.74 Å². The molecular weight excluding hydrogens is 280 g/mol. The van der Waals surface area contributed by atoms with Crippen LogP contribution < -0.4 is 4.74 Å². The molecule has 1 aromatic heterocycles. The van der Waals surface area contributed by atoms with E-state index in [1.165, 1.54) is 5.56 Å². The number of benzene rings is 1. The van der Waals surface area contributed by atoms with Crippen molar-refractivity contribution in [3.05, 3.63) is 52.2 Å². The summed E-state index contributed by atoms with van der Waals surface area (Å²) in [6.07, 6.45) is 0. The van der Waals surface area contributed by atoms with E-state index in [2.05, 4.69) is 24.0 Å². The first-order valence-electron chi connectivity index (χ1n) is 6.69. The molecule has 2 rings (SSSR count). The molecule has 0 aliphatic heterocycles. The first-order valence-corrected chi connectivity index (χ1v) is 7.68. The molecule has 0 fully saturated rings. The van der Waals surface area contributed by atoms with Gasteiger partial charge in [0.15, 0.2) is 0 Å². The summed E-state index contributed by atoms with van der Waals surface area (Å²) in [5.74, 6) is 1.60. The third-order valence-electron chi connectivity index (χ3n) is 3.22. The molecule has 0 N–H and O–H groups in total. The summed E-state index contributed by atoms with van der Waals surface area (Å²) in [6, 6.07) is 10.3. The van der Waals surface area contributed by atoms with Crippen molar-refractivity contribution >= 4 is 11.8 Å². The van der Waals surface area contributed by atoms with E-state index in [1.54, 1.807) is 18.9 Å². The van der Waals surface area contributed by atoms with Gasteiger partial charge >= 0.3 is 0 Å². The smallest absolute Gasteiger partial charge is 0.122 e. The third-order valence-corrected chi connectivity index (χ3v) is 4.25. The highest BCUT2D eigenvalue weighted by Crippen LogP contribution is 2.30. The molecule has 1 aromatic carbocycles. The Morgan fingerprint density at radius 3 is 2.67 bits per heavy atom. The van der Waals surface area contributed by atoms with Gasteiger partial charge in [0.2, 0.25) is 0 Å². The van der Waals surface area contributed by atoms with E-state index in [0.717, 1.165) is 33.3 Å². The van der Waals surface area contributed by atoms with E-state index in [1.807, 2.05) is 32.0 Å². The van der Waals surface area contributed by atoms with Gasteiger partial charge in [-0.1, -0.05) is 17.7 Å². The zero-order valence-electron chi connectivity index (χ0n) is 12.7. The molecule has 0 unspecified atom stereocenters. The van der Waals surface area contributed by atoms with Crippen molar-refractivity contribution in [3.8, 4) is 11.8 Å². The molecule has 4 heteroatoms. The SMILES string of the molecule is COc1ccc(C)cc1CSc1nc(C)cc(C)c1C#N. The fourth-order valence-corrected chi connectivity index (χ4v) is 3.29. The highest BCUT2D eigenvalue weighted by molar-refractivity contribution is 7.98. The Morgan fingerprint density at radius 2 is 2.00 bits per heavy atom. The second-order valence-electron chi connectivity index (χ2n) is 4.98. The van der Waals surface area contributed by atoms with Gasteiger partial charge in [0.05, 0.1) is 12.7 Å². The number of ether oxygens (including phenoxy) is 1. The number of pyridine rings is 1. The summed E-state index contributed by atoms with van der Waals surface area (Å²) < 4.78 is 5.39. The lowest BCUT2D eigenvalue weighted by Crippen LogP contribution is -1.96. The second-order valence-corrected chi connectivity index (χ2v) is 5.94. The van der Waals surface area contributed by atoms with Crippen LogP contribution in [-0.4, -0.2) is 12.1 Å². The summed E-state index contributed by atoms with van der Waals surface area (Å²) in [5.41, 5.74) is 4.89. The van der Waals surface area contributed by atoms with Crippen LogP contribution in [-0.2, 0) is 5.75 Å². The number of aryl methyl sites for hydroxylation is 3. The largest absolute Gasteiger partial charge is 0.496 e. The Bertz CT molecular complexity index is 705. The molecule has 1 heterocycles. The van der Waals surface area contributed by atoms with E-state index in [0.29, 0.717) is 5.56 Å². The van der Waals surface area contributed by atoms with Gasteiger partial charge in [0.25, 0.3) is 0 Å². The predicted molar refractivity (Wildman–Crippen MR) is 85.7 cm³/mol. The van der Waals surface area contributed by atoms with Gasteiger partial charge in [-0.05, 0) is 38.5 Å². The van der Waals surface area contributed by atoms with Crippen LogP contribution >= 0.6 is 11.8 Å². The quantitative estimate of drug-likeness (QED) is 0.794. The van der Waals surface area contributed by atoms with Gasteiger partial charge < -0.3 is 4.74 Å². The standard InChI is InChI=1S/C17H18N2OS/c1-11-5-6-16(20-4)14(7-11)10-21-17-15(9-18)12(2)8-13(3)19-17/h5-8H,10H2,1-4H3. The van der Waals surface area contributed by atoms with Crippen LogP contribution in [0.25, 0.3) is 0 Å². The highest BCUT2D eigenvalue weighted by Gasteiger charge is 2.11. The fourth-order valence-electron chi connectivity index (χ4n) is 2.21. The summed E-state index contributed by atoms with van der Waals surface area (Å²) in [7, 11) is 1.68. The summed E-state index contributed by atoms with van der Waals surface area (Å²) in [4.78, 5) is 4.50. The van der Waals surface area contributed by atoms with Crippen LogP contribution in [0.2, 0.25) is 0 Å². The second kappa shape index (κ2) is 6.64. The molecule has 0 aliphatic carbocycles. The lowest BCUT2D eigenvalue weighted by Gasteiger charge is -2.11. The molecule has 0 aliphatic rings. The van der Waals surface area contributed by atoms with Gasteiger partial charge in [0, 0.05) is 17.0 Å². The Balaban J connectivity index is 2.29. The van der Waals surface area contributed by atoms with Gasteiger partial charge in [-0.2, -0.15) is 5.26 Å². The van der Waals surface area contributed by atoms with Crippen molar-refractivity contribution in [2.45, 2.75) is 31.6 Å². The number of methoxy groups -OCH3 is 1. The molecule has 108 valence electrons. The summed E-state index contributed by atoms with van der Waals surface area (Å²) in [5, 5.41) is 10.1. The van der Waals surface area contributed by atoms with Crippen molar-refractivity contribution in [3.63, 3.8) is 0 Å². The van der Waals surface area contributed by atoms with Crippen molar-refractivity contribution < 1.29 is 4.74 Å². The highest BCUT2D eigenvalue weighted by atomic mass is 32.2. The van der Waals surface area contributed by atoms with Gasteiger partial charge in [-0.15, -0.1) is 11.8 Å². The van der Waals surface area contributed by atoms with Crippen molar-refractivity contribution in [1.82, 2.24) is 4.98 Å². The lowest BCUT2D eigenvalue weighted by atomic mass is 10.1. The normalized spacial score (nSPS) is 10.2. The number of thioether (sulfide) groups is 1. The molecule has 0 amide bonds. The Morgan fingerprint density at radius 1 is 1.24 bits per heavy atom. The minimum atomic E-state index is 0.664. The number of hydrogen-bond donors (Lipinski definition) is 0. The lowest BCUT2D eigenvalue weighted by molar-refractivity contribution is 0.411. The Hall–Kier alpha value is -1.99. The van der Waals surface area contributed by atoms with Crippen LogP contribution in [0.4, 0.5) is 0 Å². The van der Waals surface area contributed by atoms with Crippen LogP contribution in [0.5, 0.6) is 5.75 Å². The molecule has 3 nitrogen and oxygen atoms in total. The topological polar surface area (TPSA) is 45.9 Å². The molecule has 0 spiro atoms. The Kier molecular flexibility index (Phi) is 4.87. The van der Waals surface area contributed by atoms with E-state index in [-0.39, 0.29) is 0 Å². The first-order chi connectivity index (χ1) is 10.0. The zero-order valence-corrected chi connectivity index (χ0v) is 13.5. The fraction of sp³-hybridized carbons (Fsp3) is 0.294.